The molecule has 0 radical (unpaired) electrons. The first-order valence-electron chi connectivity index (χ1n) is 4.43. The van der Waals surface area contributed by atoms with Crippen molar-refractivity contribution in [1.82, 2.24) is 0 Å². The van der Waals surface area contributed by atoms with Crippen LogP contribution in [-0.4, -0.2) is 25.9 Å². The molecule has 0 spiro atoms. The van der Waals surface area contributed by atoms with Crippen LogP contribution < -0.4 is 15.2 Å². The van der Waals surface area contributed by atoms with Crippen LogP contribution in [0.5, 0.6) is 11.5 Å². The van der Waals surface area contributed by atoms with Crippen molar-refractivity contribution in [3.05, 3.63) is 22.2 Å². The molecule has 84 valence electrons. The van der Waals surface area contributed by atoms with Crippen molar-refractivity contribution in [3.8, 4) is 11.5 Å². The summed E-state index contributed by atoms with van der Waals surface area (Å²) >= 11 is 3.33. The minimum absolute atomic E-state index is 0.135. The smallest absolute Gasteiger partial charge is 0.166 e. The van der Waals surface area contributed by atoms with E-state index in [9.17, 15) is 5.11 Å². The van der Waals surface area contributed by atoms with Crippen LogP contribution in [0.4, 0.5) is 0 Å². The zero-order valence-electron chi connectivity index (χ0n) is 8.66. The highest BCUT2D eigenvalue weighted by atomic mass is 79.9. The van der Waals surface area contributed by atoms with Crippen molar-refractivity contribution in [2.75, 3.05) is 20.8 Å². The molecule has 0 saturated heterocycles. The first kappa shape index (κ1) is 12.3. The number of halogens is 1. The summed E-state index contributed by atoms with van der Waals surface area (Å²) in [6, 6.07) is 3.53. The molecule has 1 atom stereocenters. The Morgan fingerprint density at radius 2 is 2.07 bits per heavy atom. The van der Waals surface area contributed by atoms with Gasteiger partial charge in [0.1, 0.15) is 0 Å². The zero-order valence-corrected chi connectivity index (χ0v) is 10.2. The van der Waals surface area contributed by atoms with Gasteiger partial charge in [-0.1, -0.05) is 15.9 Å². The maximum absolute atomic E-state index is 9.70. The van der Waals surface area contributed by atoms with Gasteiger partial charge in [0.15, 0.2) is 11.5 Å². The fraction of sp³-hybridized carbons (Fsp3) is 0.400. The van der Waals surface area contributed by atoms with Crippen molar-refractivity contribution in [2.45, 2.75) is 6.10 Å². The van der Waals surface area contributed by atoms with Gasteiger partial charge in [-0.3, -0.25) is 0 Å². The van der Waals surface area contributed by atoms with Crippen LogP contribution in [0.2, 0.25) is 0 Å². The van der Waals surface area contributed by atoms with Gasteiger partial charge in [-0.2, -0.15) is 0 Å². The number of methoxy groups -OCH3 is 2. The Labute approximate surface area is 97.1 Å². The molecule has 0 aliphatic rings. The molecule has 0 aliphatic heterocycles. The average molecular weight is 276 g/mol. The Balaban J connectivity index is 3.28. The summed E-state index contributed by atoms with van der Waals surface area (Å²) < 4.78 is 11.1. The van der Waals surface area contributed by atoms with E-state index in [1.165, 1.54) is 7.11 Å². The maximum Gasteiger partial charge on any atom is 0.166 e. The quantitative estimate of drug-likeness (QED) is 0.873. The monoisotopic (exact) mass is 275 g/mol. The molecule has 0 fully saturated rings. The third-order valence-electron chi connectivity index (χ3n) is 2.05. The summed E-state index contributed by atoms with van der Waals surface area (Å²) in [5.74, 6) is 1.08. The number of nitrogens with two attached hydrogens (primary N) is 1. The predicted molar refractivity (Wildman–Crippen MR) is 61.3 cm³/mol. The summed E-state index contributed by atoms with van der Waals surface area (Å²) in [6.07, 6.45) is -0.758. The van der Waals surface area contributed by atoms with E-state index in [1.807, 2.05) is 0 Å². The van der Waals surface area contributed by atoms with Gasteiger partial charge in [0.2, 0.25) is 0 Å². The van der Waals surface area contributed by atoms with Crippen LogP contribution in [0.25, 0.3) is 0 Å². The second-order valence-corrected chi connectivity index (χ2v) is 3.90. The van der Waals surface area contributed by atoms with E-state index in [-0.39, 0.29) is 6.54 Å². The summed E-state index contributed by atoms with van der Waals surface area (Å²) in [5.41, 5.74) is 6.02. The lowest BCUT2D eigenvalue weighted by molar-refractivity contribution is 0.181. The Hall–Kier alpha value is -0.780. The molecule has 4 nitrogen and oxygen atoms in total. The van der Waals surface area contributed by atoms with Crippen molar-refractivity contribution >= 4 is 15.9 Å². The van der Waals surface area contributed by atoms with Gasteiger partial charge in [-0.15, -0.1) is 0 Å². The molecule has 0 heterocycles. The Morgan fingerprint density at radius 3 is 2.53 bits per heavy atom. The van der Waals surface area contributed by atoms with Gasteiger partial charge in [0.05, 0.1) is 20.3 Å². The van der Waals surface area contributed by atoms with Gasteiger partial charge in [0.25, 0.3) is 0 Å². The second-order valence-electron chi connectivity index (χ2n) is 2.98. The topological polar surface area (TPSA) is 64.7 Å². The van der Waals surface area contributed by atoms with E-state index in [1.54, 1.807) is 19.2 Å². The maximum atomic E-state index is 9.70. The minimum atomic E-state index is -0.758. The Bertz CT molecular complexity index is 344. The third kappa shape index (κ3) is 2.62. The van der Waals surface area contributed by atoms with E-state index >= 15 is 0 Å². The number of hydrogen-bond donors (Lipinski definition) is 2. The highest BCUT2D eigenvalue weighted by molar-refractivity contribution is 9.10. The molecule has 5 heteroatoms. The normalized spacial score (nSPS) is 12.3. The molecule has 0 bridgehead atoms. The molecular formula is C10H14BrNO3. The van der Waals surface area contributed by atoms with Crippen LogP contribution in [0.15, 0.2) is 16.6 Å². The van der Waals surface area contributed by atoms with Crippen LogP contribution in [-0.2, 0) is 0 Å². The highest BCUT2D eigenvalue weighted by Crippen LogP contribution is 2.37. The number of hydrogen-bond acceptors (Lipinski definition) is 4. The van der Waals surface area contributed by atoms with E-state index in [4.69, 9.17) is 15.2 Å². The lowest BCUT2D eigenvalue weighted by Crippen LogP contribution is -2.13. The number of benzene rings is 1. The van der Waals surface area contributed by atoms with Gasteiger partial charge >= 0.3 is 0 Å². The molecule has 0 amide bonds. The fourth-order valence-electron chi connectivity index (χ4n) is 1.33. The summed E-state index contributed by atoms with van der Waals surface area (Å²) in [5, 5.41) is 9.70. The van der Waals surface area contributed by atoms with Gasteiger partial charge in [0, 0.05) is 16.6 Å². The zero-order chi connectivity index (χ0) is 11.4. The molecule has 1 aromatic rings. The fourth-order valence-corrected chi connectivity index (χ4v) is 1.79. The van der Waals surface area contributed by atoms with E-state index in [2.05, 4.69) is 15.9 Å². The predicted octanol–water partition coefficient (Wildman–Crippen LogP) is 1.46. The van der Waals surface area contributed by atoms with E-state index < -0.39 is 6.10 Å². The van der Waals surface area contributed by atoms with Gasteiger partial charge in [-0.25, -0.2) is 0 Å². The summed E-state index contributed by atoms with van der Waals surface area (Å²) in [6.45, 7) is 0.135. The highest BCUT2D eigenvalue weighted by Gasteiger charge is 2.17. The molecule has 0 aromatic heterocycles. The lowest BCUT2D eigenvalue weighted by atomic mass is 10.1. The van der Waals surface area contributed by atoms with Crippen molar-refractivity contribution in [1.29, 1.82) is 0 Å². The lowest BCUT2D eigenvalue weighted by Gasteiger charge is -2.16. The van der Waals surface area contributed by atoms with Gasteiger partial charge in [-0.05, 0) is 12.1 Å². The largest absolute Gasteiger partial charge is 0.493 e. The standard InChI is InChI=1S/C10H14BrNO3/c1-14-9-4-6(11)3-7(8(13)5-12)10(9)15-2/h3-4,8,13H,5,12H2,1-2H3. The molecular weight excluding hydrogens is 262 g/mol. The molecule has 1 unspecified atom stereocenters. The van der Waals surface area contributed by atoms with Crippen LogP contribution in [0.1, 0.15) is 11.7 Å². The minimum Gasteiger partial charge on any atom is -0.493 e. The number of ether oxygens (including phenoxy) is 2. The van der Waals surface area contributed by atoms with Crippen molar-refractivity contribution in [3.63, 3.8) is 0 Å². The van der Waals surface area contributed by atoms with Gasteiger partial charge < -0.3 is 20.3 Å². The van der Waals surface area contributed by atoms with Crippen molar-refractivity contribution < 1.29 is 14.6 Å². The molecule has 3 N–H and O–H groups in total. The SMILES string of the molecule is COc1cc(Br)cc(C(O)CN)c1OC. The number of aliphatic hydroxyl groups excluding tert-OH is 1. The number of aliphatic hydroxyl groups is 1. The Kier molecular flexibility index (Phi) is 4.38. The second kappa shape index (κ2) is 5.34. The summed E-state index contributed by atoms with van der Waals surface area (Å²) in [7, 11) is 3.07. The molecule has 15 heavy (non-hydrogen) atoms. The Morgan fingerprint density at radius 1 is 1.40 bits per heavy atom. The average Bonchev–Trinajstić information content (AvgIpc) is 2.26. The molecule has 1 aromatic carbocycles. The number of rotatable bonds is 4. The van der Waals surface area contributed by atoms with Crippen LogP contribution >= 0.6 is 15.9 Å². The molecule has 0 saturated carbocycles. The van der Waals surface area contributed by atoms with Crippen LogP contribution in [0, 0.1) is 0 Å². The van der Waals surface area contributed by atoms with Crippen LogP contribution in [0.3, 0.4) is 0 Å². The first-order valence-corrected chi connectivity index (χ1v) is 5.22. The summed E-state index contributed by atoms with van der Waals surface area (Å²) in [4.78, 5) is 0. The van der Waals surface area contributed by atoms with E-state index in [0.29, 0.717) is 17.1 Å². The third-order valence-corrected chi connectivity index (χ3v) is 2.51. The first-order chi connectivity index (χ1) is 7.13. The molecule has 0 aliphatic carbocycles. The van der Waals surface area contributed by atoms with E-state index in [0.717, 1.165) is 4.47 Å². The van der Waals surface area contributed by atoms with Crippen molar-refractivity contribution in [2.24, 2.45) is 5.73 Å². The molecule has 1 rings (SSSR count).